The summed E-state index contributed by atoms with van der Waals surface area (Å²) in [7, 11) is 0. The molecule has 1 rings (SSSR count). The van der Waals surface area contributed by atoms with E-state index in [0.29, 0.717) is 12.5 Å². The maximum Gasteiger partial charge on any atom is 0.219 e. The number of hydrogen-bond acceptors (Lipinski definition) is 3. The minimum absolute atomic E-state index is 0.137. The van der Waals surface area contributed by atoms with Crippen LogP contribution in [0.4, 0.5) is 0 Å². The van der Waals surface area contributed by atoms with Crippen molar-refractivity contribution in [3.05, 3.63) is 0 Å². The summed E-state index contributed by atoms with van der Waals surface area (Å²) in [5.41, 5.74) is 5.64. The summed E-state index contributed by atoms with van der Waals surface area (Å²) < 4.78 is 5.81. The molecular formula is C15H30N2O2. The number of rotatable bonds is 9. The molecule has 4 heteroatoms. The van der Waals surface area contributed by atoms with Gasteiger partial charge in [-0.1, -0.05) is 19.3 Å². The summed E-state index contributed by atoms with van der Waals surface area (Å²) in [6, 6.07) is 0.191. The first-order valence-corrected chi connectivity index (χ1v) is 7.82. The average Bonchev–Trinajstić information content (AvgIpc) is 2.39. The summed E-state index contributed by atoms with van der Waals surface area (Å²) >= 11 is 0. The molecular weight excluding hydrogens is 240 g/mol. The van der Waals surface area contributed by atoms with Crippen LogP contribution < -0.4 is 11.1 Å². The molecule has 1 amide bonds. The summed E-state index contributed by atoms with van der Waals surface area (Å²) in [5.74, 6) is 0.137. The molecule has 1 unspecified atom stereocenters. The van der Waals surface area contributed by atoms with Crippen LogP contribution in [0.25, 0.3) is 0 Å². The van der Waals surface area contributed by atoms with Crippen molar-refractivity contribution in [2.45, 2.75) is 76.9 Å². The quantitative estimate of drug-likeness (QED) is 0.632. The topological polar surface area (TPSA) is 64.4 Å². The monoisotopic (exact) mass is 270 g/mol. The zero-order valence-corrected chi connectivity index (χ0v) is 12.3. The molecule has 0 bridgehead atoms. The second-order valence-corrected chi connectivity index (χ2v) is 5.70. The van der Waals surface area contributed by atoms with E-state index in [1.807, 2.05) is 6.92 Å². The van der Waals surface area contributed by atoms with Gasteiger partial charge in [0.2, 0.25) is 5.91 Å². The third-order valence-electron chi connectivity index (χ3n) is 3.61. The lowest BCUT2D eigenvalue weighted by molar-refractivity contribution is -0.121. The van der Waals surface area contributed by atoms with E-state index in [4.69, 9.17) is 10.5 Å². The van der Waals surface area contributed by atoms with Gasteiger partial charge < -0.3 is 15.8 Å². The highest BCUT2D eigenvalue weighted by Gasteiger charge is 2.12. The highest BCUT2D eigenvalue weighted by molar-refractivity contribution is 5.75. The van der Waals surface area contributed by atoms with Crippen molar-refractivity contribution in [1.82, 2.24) is 5.32 Å². The smallest absolute Gasteiger partial charge is 0.219 e. The standard InChI is InChI=1S/C15H30N2O2/c1-13(16)7-5-10-15(18)17-11-6-12-19-14-8-3-2-4-9-14/h13-14H,2-12,16H2,1H3,(H,17,18). The third-order valence-corrected chi connectivity index (χ3v) is 3.61. The molecule has 0 radical (unpaired) electrons. The zero-order valence-electron chi connectivity index (χ0n) is 12.3. The summed E-state index contributed by atoms with van der Waals surface area (Å²) in [6.45, 7) is 3.47. The minimum atomic E-state index is 0.137. The molecule has 0 heterocycles. The first-order chi connectivity index (χ1) is 9.18. The Morgan fingerprint density at radius 3 is 2.74 bits per heavy atom. The predicted molar refractivity (Wildman–Crippen MR) is 78.0 cm³/mol. The van der Waals surface area contributed by atoms with Crippen LogP contribution in [0.1, 0.15) is 64.7 Å². The Morgan fingerprint density at radius 1 is 1.32 bits per heavy atom. The van der Waals surface area contributed by atoms with Gasteiger partial charge in [-0.25, -0.2) is 0 Å². The Bertz CT molecular complexity index is 238. The van der Waals surface area contributed by atoms with Crippen LogP contribution in [-0.4, -0.2) is 31.2 Å². The van der Waals surface area contributed by atoms with Crippen molar-refractivity contribution in [1.29, 1.82) is 0 Å². The maximum absolute atomic E-state index is 11.5. The van der Waals surface area contributed by atoms with Gasteiger partial charge >= 0.3 is 0 Å². The van der Waals surface area contributed by atoms with E-state index in [9.17, 15) is 4.79 Å². The van der Waals surface area contributed by atoms with Crippen LogP contribution in [0.15, 0.2) is 0 Å². The van der Waals surface area contributed by atoms with Gasteiger partial charge in [0.05, 0.1) is 6.10 Å². The average molecular weight is 270 g/mol. The molecule has 0 aromatic carbocycles. The number of nitrogens with one attached hydrogen (secondary N) is 1. The molecule has 1 atom stereocenters. The van der Waals surface area contributed by atoms with E-state index >= 15 is 0 Å². The van der Waals surface area contributed by atoms with Crippen LogP contribution in [-0.2, 0) is 9.53 Å². The van der Waals surface area contributed by atoms with E-state index in [0.717, 1.165) is 32.4 Å². The van der Waals surface area contributed by atoms with E-state index in [1.54, 1.807) is 0 Å². The molecule has 1 saturated carbocycles. The van der Waals surface area contributed by atoms with Gasteiger partial charge in [0.15, 0.2) is 0 Å². The fourth-order valence-corrected chi connectivity index (χ4v) is 2.45. The van der Waals surface area contributed by atoms with Crippen LogP contribution in [0, 0.1) is 0 Å². The molecule has 0 saturated heterocycles. The van der Waals surface area contributed by atoms with Gasteiger partial charge in [0.25, 0.3) is 0 Å². The molecule has 0 aromatic rings. The predicted octanol–water partition coefficient (Wildman–Crippen LogP) is 2.36. The molecule has 1 aliphatic rings. The summed E-state index contributed by atoms with van der Waals surface area (Å²) in [5, 5.41) is 2.93. The van der Waals surface area contributed by atoms with Crippen LogP contribution in [0.2, 0.25) is 0 Å². The van der Waals surface area contributed by atoms with Crippen molar-refractivity contribution in [3.63, 3.8) is 0 Å². The van der Waals surface area contributed by atoms with Crippen molar-refractivity contribution in [2.24, 2.45) is 5.73 Å². The molecule has 1 aliphatic carbocycles. The van der Waals surface area contributed by atoms with Gasteiger partial charge in [-0.05, 0) is 39.0 Å². The molecule has 0 aromatic heterocycles. The first-order valence-electron chi connectivity index (χ1n) is 7.82. The van der Waals surface area contributed by atoms with Crippen molar-refractivity contribution < 1.29 is 9.53 Å². The summed E-state index contributed by atoms with van der Waals surface area (Å²) in [6.07, 6.45) is 10.2. The van der Waals surface area contributed by atoms with Gasteiger partial charge in [-0.3, -0.25) is 4.79 Å². The lowest BCUT2D eigenvalue weighted by Gasteiger charge is -2.21. The van der Waals surface area contributed by atoms with E-state index < -0.39 is 0 Å². The maximum atomic E-state index is 11.5. The number of amides is 1. The number of carbonyl (C=O) groups is 1. The minimum Gasteiger partial charge on any atom is -0.378 e. The largest absolute Gasteiger partial charge is 0.378 e. The van der Waals surface area contributed by atoms with Crippen molar-refractivity contribution in [2.75, 3.05) is 13.2 Å². The van der Waals surface area contributed by atoms with Crippen LogP contribution >= 0.6 is 0 Å². The van der Waals surface area contributed by atoms with Gasteiger partial charge in [-0.2, -0.15) is 0 Å². The third kappa shape index (κ3) is 9.00. The Kier molecular flexibility index (Phi) is 8.84. The fraction of sp³-hybridized carbons (Fsp3) is 0.933. The molecule has 0 aliphatic heterocycles. The second kappa shape index (κ2) is 10.2. The lowest BCUT2D eigenvalue weighted by Crippen LogP contribution is -2.26. The summed E-state index contributed by atoms with van der Waals surface area (Å²) in [4.78, 5) is 11.5. The highest BCUT2D eigenvalue weighted by atomic mass is 16.5. The molecule has 3 N–H and O–H groups in total. The first kappa shape index (κ1) is 16.4. The molecule has 19 heavy (non-hydrogen) atoms. The second-order valence-electron chi connectivity index (χ2n) is 5.70. The Hall–Kier alpha value is -0.610. The van der Waals surface area contributed by atoms with Crippen molar-refractivity contribution >= 4 is 5.91 Å². The molecule has 112 valence electrons. The van der Waals surface area contributed by atoms with Gasteiger partial charge in [-0.15, -0.1) is 0 Å². The lowest BCUT2D eigenvalue weighted by atomic mass is 9.98. The number of carbonyl (C=O) groups excluding carboxylic acids is 1. The van der Waals surface area contributed by atoms with E-state index in [-0.39, 0.29) is 11.9 Å². The van der Waals surface area contributed by atoms with E-state index in [2.05, 4.69) is 5.32 Å². The van der Waals surface area contributed by atoms with Gasteiger partial charge in [0, 0.05) is 25.6 Å². The normalized spacial score (nSPS) is 18.2. The zero-order chi connectivity index (χ0) is 13.9. The van der Waals surface area contributed by atoms with Crippen LogP contribution in [0.5, 0.6) is 0 Å². The van der Waals surface area contributed by atoms with Crippen molar-refractivity contribution in [3.8, 4) is 0 Å². The van der Waals surface area contributed by atoms with Gasteiger partial charge in [0.1, 0.15) is 0 Å². The number of ether oxygens (including phenoxy) is 1. The highest BCUT2D eigenvalue weighted by Crippen LogP contribution is 2.20. The Balaban J connectivity index is 1.88. The fourth-order valence-electron chi connectivity index (χ4n) is 2.45. The number of nitrogens with two attached hydrogens (primary N) is 1. The molecule has 1 fully saturated rings. The Morgan fingerprint density at radius 2 is 2.05 bits per heavy atom. The van der Waals surface area contributed by atoms with E-state index in [1.165, 1.54) is 32.1 Å². The Labute approximate surface area is 117 Å². The SMILES string of the molecule is CC(N)CCCC(=O)NCCCOC1CCCCC1. The molecule has 4 nitrogen and oxygen atoms in total. The van der Waals surface area contributed by atoms with Crippen LogP contribution in [0.3, 0.4) is 0 Å². The number of hydrogen-bond donors (Lipinski definition) is 2. The molecule has 0 spiro atoms.